The molecule has 0 saturated carbocycles. The number of nitrogens with zero attached hydrogens (tertiary/aromatic N) is 2. The Kier molecular flexibility index (Phi) is 5.01. The summed E-state index contributed by atoms with van der Waals surface area (Å²) in [6, 6.07) is 3.75. The molecule has 17 heavy (non-hydrogen) atoms. The molecule has 0 aromatic carbocycles. The minimum absolute atomic E-state index is 0.341. The number of hydrogen-bond donors (Lipinski definition) is 0. The van der Waals surface area contributed by atoms with Gasteiger partial charge < -0.3 is 0 Å². The molecular formula is C12H17BrN2OS. The van der Waals surface area contributed by atoms with Crippen LogP contribution in [-0.4, -0.2) is 19.7 Å². The van der Waals surface area contributed by atoms with Crippen LogP contribution in [0.2, 0.25) is 0 Å². The summed E-state index contributed by atoms with van der Waals surface area (Å²) in [6.45, 7) is 7.72. The molecule has 1 heterocycles. The quantitative estimate of drug-likeness (QED) is 0.801. The van der Waals surface area contributed by atoms with Crippen molar-refractivity contribution in [3.63, 3.8) is 0 Å². The summed E-state index contributed by atoms with van der Waals surface area (Å²) in [6.07, 6.45) is 2.43. The monoisotopic (exact) mass is 316 g/mol. The third-order valence-corrected chi connectivity index (χ3v) is 4.00. The second-order valence-electron chi connectivity index (χ2n) is 4.61. The van der Waals surface area contributed by atoms with Crippen molar-refractivity contribution < 1.29 is 4.21 Å². The van der Waals surface area contributed by atoms with E-state index >= 15 is 0 Å². The van der Waals surface area contributed by atoms with Crippen LogP contribution in [0.4, 0.5) is 0 Å². The van der Waals surface area contributed by atoms with Gasteiger partial charge in [0.2, 0.25) is 0 Å². The van der Waals surface area contributed by atoms with Crippen LogP contribution >= 0.6 is 15.9 Å². The fourth-order valence-corrected chi connectivity index (χ4v) is 2.12. The van der Waals surface area contributed by atoms with Crippen LogP contribution in [0.15, 0.2) is 27.2 Å². The van der Waals surface area contributed by atoms with Gasteiger partial charge in [0.05, 0.1) is 16.2 Å². The number of rotatable bonds is 3. The van der Waals surface area contributed by atoms with Gasteiger partial charge in [0, 0.05) is 10.7 Å². The summed E-state index contributed by atoms with van der Waals surface area (Å²) in [5.74, 6) is 0. The maximum Gasteiger partial charge on any atom is 0.145 e. The molecule has 0 aliphatic carbocycles. The van der Waals surface area contributed by atoms with E-state index < -0.39 is 11.0 Å². The second-order valence-corrected chi connectivity index (χ2v) is 7.43. The molecule has 0 bridgehead atoms. The van der Waals surface area contributed by atoms with Gasteiger partial charge in [-0.25, -0.2) is 4.21 Å². The lowest BCUT2D eigenvalue weighted by atomic mass is 10.2. The van der Waals surface area contributed by atoms with Crippen molar-refractivity contribution in [2.45, 2.75) is 38.9 Å². The van der Waals surface area contributed by atoms with Crippen LogP contribution in [0.25, 0.3) is 0 Å². The third kappa shape index (κ3) is 4.32. The van der Waals surface area contributed by atoms with Crippen molar-refractivity contribution >= 4 is 32.6 Å². The molecule has 5 heteroatoms. The molecule has 0 aliphatic heterocycles. The molecule has 1 unspecified atom stereocenters. The minimum Gasteiger partial charge on any atom is -0.255 e. The van der Waals surface area contributed by atoms with E-state index in [2.05, 4.69) is 25.3 Å². The van der Waals surface area contributed by atoms with Crippen molar-refractivity contribution in [1.29, 1.82) is 0 Å². The van der Waals surface area contributed by atoms with Gasteiger partial charge in [-0.05, 0) is 39.3 Å². The van der Waals surface area contributed by atoms with Crippen LogP contribution in [0.3, 0.4) is 0 Å². The largest absolute Gasteiger partial charge is 0.255 e. The Morgan fingerprint density at radius 3 is 2.65 bits per heavy atom. The van der Waals surface area contributed by atoms with E-state index in [1.54, 1.807) is 6.20 Å². The Balaban J connectivity index is 3.08. The third-order valence-electron chi connectivity index (χ3n) is 2.07. The molecule has 1 atom stereocenters. The van der Waals surface area contributed by atoms with Crippen molar-refractivity contribution in [3.05, 3.63) is 28.5 Å². The molecule has 0 saturated heterocycles. The van der Waals surface area contributed by atoms with Gasteiger partial charge in [-0.1, -0.05) is 22.9 Å². The van der Waals surface area contributed by atoms with Crippen LogP contribution < -0.4 is 0 Å². The van der Waals surface area contributed by atoms with E-state index in [9.17, 15) is 4.21 Å². The molecule has 0 spiro atoms. The van der Waals surface area contributed by atoms with E-state index in [-0.39, 0.29) is 4.75 Å². The smallest absolute Gasteiger partial charge is 0.145 e. The van der Waals surface area contributed by atoms with Gasteiger partial charge in [-0.3, -0.25) is 4.98 Å². The van der Waals surface area contributed by atoms with Crippen LogP contribution in [-0.2, 0) is 11.0 Å². The molecule has 1 rings (SSSR count). The highest BCUT2D eigenvalue weighted by Gasteiger charge is 2.20. The summed E-state index contributed by atoms with van der Waals surface area (Å²) in [7, 11) is -1.24. The van der Waals surface area contributed by atoms with Gasteiger partial charge in [-0.2, -0.15) is 4.40 Å². The molecule has 94 valence electrons. The summed E-state index contributed by atoms with van der Waals surface area (Å²) < 4.78 is 16.9. The fraction of sp³-hybridized carbons (Fsp3) is 0.500. The summed E-state index contributed by atoms with van der Waals surface area (Å²) in [5, 5.41) is 0. The summed E-state index contributed by atoms with van der Waals surface area (Å²) in [5.41, 5.74) is 1.55. The first-order chi connectivity index (χ1) is 7.84. The highest BCUT2D eigenvalue weighted by molar-refractivity contribution is 9.10. The minimum atomic E-state index is -1.24. The maximum absolute atomic E-state index is 12.0. The number of halogens is 1. The molecule has 0 N–H and O–H groups in total. The summed E-state index contributed by atoms with van der Waals surface area (Å²) in [4.78, 5) is 4.25. The Morgan fingerprint density at radius 2 is 2.18 bits per heavy atom. The molecule has 0 amide bonds. The van der Waals surface area contributed by atoms with Gasteiger partial charge >= 0.3 is 0 Å². The number of hydrogen-bond acceptors (Lipinski definition) is 2. The molecule has 0 fully saturated rings. The van der Waals surface area contributed by atoms with Crippen molar-refractivity contribution in [2.75, 3.05) is 0 Å². The predicted molar refractivity (Wildman–Crippen MR) is 76.7 cm³/mol. The number of pyridine rings is 1. The lowest BCUT2D eigenvalue weighted by Crippen LogP contribution is -2.21. The van der Waals surface area contributed by atoms with Gasteiger partial charge in [-0.15, -0.1) is 0 Å². The zero-order valence-corrected chi connectivity index (χ0v) is 12.9. The highest BCUT2D eigenvalue weighted by atomic mass is 79.9. The van der Waals surface area contributed by atoms with E-state index in [1.807, 2.05) is 39.8 Å². The average Bonchev–Trinajstić information content (AvgIpc) is 2.24. The average molecular weight is 317 g/mol. The zero-order valence-electron chi connectivity index (χ0n) is 10.5. The van der Waals surface area contributed by atoms with Crippen LogP contribution in [0.1, 0.15) is 39.8 Å². The lowest BCUT2D eigenvalue weighted by Gasteiger charge is -2.14. The van der Waals surface area contributed by atoms with E-state index in [4.69, 9.17) is 0 Å². The molecule has 0 radical (unpaired) electrons. The molecule has 0 aliphatic rings. The van der Waals surface area contributed by atoms with E-state index in [0.717, 1.165) is 15.9 Å². The highest BCUT2D eigenvalue weighted by Crippen LogP contribution is 2.16. The molecule has 1 aromatic rings. The second kappa shape index (κ2) is 5.87. The van der Waals surface area contributed by atoms with Crippen molar-refractivity contribution in [2.24, 2.45) is 4.40 Å². The Labute approximate surface area is 113 Å². The van der Waals surface area contributed by atoms with Crippen molar-refractivity contribution in [3.8, 4) is 0 Å². The number of aromatic nitrogens is 1. The maximum atomic E-state index is 12.0. The normalized spacial score (nSPS) is 14.8. The fourth-order valence-electron chi connectivity index (χ4n) is 1.09. The predicted octanol–water partition coefficient (Wildman–Crippen LogP) is 3.51. The Morgan fingerprint density at radius 1 is 1.53 bits per heavy atom. The molecular weight excluding hydrogens is 300 g/mol. The van der Waals surface area contributed by atoms with Crippen molar-refractivity contribution in [1.82, 2.24) is 4.98 Å². The molecule has 3 nitrogen and oxygen atoms in total. The Bertz CT molecular complexity index is 452. The zero-order chi connectivity index (χ0) is 13.1. The Hall–Kier alpha value is -0.550. The first-order valence-electron chi connectivity index (χ1n) is 5.46. The van der Waals surface area contributed by atoms with E-state index in [0.29, 0.717) is 6.42 Å². The first-order valence-corrected chi connectivity index (χ1v) is 7.36. The lowest BCUT2D eigenvalue weighted by molar-refractivity contribution is 0.650. The van der Waals surface area contributed by atoms with Crippen LogP contribution in [0.5, 0.6) is 0 Å². The standard InChI is InChI=1S/C12H17BrN2OS/c1-5-10(15-17(16)12(2,3)4)11-8-9(13)6-7-14-11/h6-8H,5H2,1-4H3/b15-10+. The topological polar surface area (TPSA) is 42.3 Å². The first kappa shape index (κ1) is 14.5. The molecule has 1 aromatic heterocycles. The summed E-state index contributed by atoms with van der Waals surface area (Å²) >= 11 is 3.39. The van der Waals surface area contributed by atoms with E-state index in [1.165, 1.54) is 0 Å². The van der Waals surface area contributed by atoms with Gasteiger partial charge in [0.1, 0.15) is 11.0 Å². The SMILES string of the molecule is CC/C(=N\S(=O)C(C)(C)C)c1cc(Br)ccn1. The van der Waals surface area contributed by atoms with Gasteiger partial charge in [0.25, 0.3) is 0 Å². The van der Waals surface area contributed by atoms with Crippen LogP contribution in [0, 0.1) is 0 Å². The van der Waals surface area contributed by atoms with Gasteiger partial charge in [0.15, 0.2) is 0 Å².